The van der Waals surface area contributed by atoms with Gasteiger partial charge in [0.25, 0.3) is 0 Å². The van der Waals surface area contributed by atoms with Crippen LogP contribution in [0.15, 0.2) is 121 Å². The fourth-order valence-electron chi connectivity index (χ4n) is 3.76. The van der Waals surface area contributed by atoms with Crippen molar-refractivity contribution in [1.29, 1.82) is 0 Å². The first-order chi connectivity index (χ1) is 15.3. The summed E-state index contributed by atoms with van der Waals surface area (Å²) in [6, 6.07) is 41.5. The number of halogens is 1. The van der Waals surface area contributed by atoms with Crippen LogP contribution in [0.5, 0.6) is 0 Å². The van der Waals surface area contributed by atoms with E-state index in [1.807, 2.05) is 42.5 Å². The molecule has 0 amide bonds. The van der Waals surface area contributed by atoms with E-state index < -0.39 is 0 Å². The van der Waals surface area contributed by atoms with Crippen molar-refractivity contribution in [2.75, 3.05) is 0 Å². The molecule has 0 aliphatic rings. The standard InChI is InChI=1S/C29H20ClN/c30-27-16-8-14-24(18-27)23-13-7-15-25(17-23)29-20-26(21-9-3-1-4-10-21)19-28(31-29)22-11-5-2-6-12-22/h1-20H. The lowest BCUT2D eigenvalue weighted by atomic mass is 9.98. The van der Waals surface area contributed by atoms with E-state index in [-0.39, 0.29) is 0 Å². The third-order valence-electron chi connectivity index (χ3n) is 5.32. The van der Waals surface area contributed by atoms with Crippen molar-refractivity contribution >= 4 is 11.6 Å². The van der Waals surface area contributed by atoms with E-state index in [0.29, 0.717) is 0 Å². The molecule has 148 valence electrons. The van der Waals surface area contributed by atoms with E-state index in [1.165, 1.54) is 5.56 Å². The Labute approximate surface area is 187 Å². The number of hydrogen-bond donors (Lipinski definition) is 0. The highest BCUT2D eigenvalue weighted by atomic mass is 35.5. The zero-order valence-corrected chi connectivity index (χ0v) is 17.6. The molecule has 31 heavy (non-hydrogen) atoms. The molecule has 1 aromatic heterocycles. The summed E-state index contributed by atoms with van der Waals surface area (Å²) < 4.78 is 0. The lowest BCUT2D eigenvalue weighted by Crippen LogP contribution is -1.91. The Morgan fingerprint density at radius 1 is 0.387 bits per heavy atom. The summed E-state index contributed by atoms with van der Waals surface area (Å²) in [5, 5.41) is 0.735. The van der Waals surface area contributed by atoms with Gasteiger partial charge in [-0.05, 0) is 52.6 Å². The van der Waals surface area contributed by atoms with Crippen molar-refractivity contribution in [1.82, 2.24) is 4.98 Å². The molecule has 0 spiro atoms. The smallest absolute Gasteiger partial charge is 0.0715 e. The average Bonchev–Trinajstić information content (AvgIpc) is 2.85. The van der Waals surface area contributed by atoms with Crippen LogP contribution in [-0.4, -0.2) is 4.98 Å². The molecule has 0 bridgehead atoms. The predicted octanol–water partition coefficient (Wildman–Crippen LogP) is 8.40. The number of pyridine rings is 1. The monoisotopic (exact) mass is 417 g/mol. The predicted molar refractivity (Wildman–Crippen MR) is 131 cm³/mol. The van der Waals surface area contributed by atoms with Crippen molar-refractivity contribution in [2.24, 2.45) is 0 Å². The van der Waals surface area contributed by atoms with Crippen molar-refractivity contribution < 1.29 is 0 Å². The van der Waals surface area contributed by atoms with Crippen LogP contribution in [0.2, 0.25) is 5.02 Å². The number of aromatic nitrogens is 1. The maximum absolute atomic E-state index is 6.22. The normalized spacial score (nSPS) is 10.7. The van der Waals surface area contributed by atoms with Gasteiger partial charge in [-0.1, -0.05) is 103 Å². The quantitative estimate of drug-likeness (QED) is 0.286. The number of nitrogens with zero attached hydrogens (tertiary/aromatic N) is 1. The molecule has 0 unspecified atom stereocenters. The van der Waals surface area contributed by atoms with Gasteiger partial charge in [0, 0.05) is 16.1 Å². The van der Waals surface area contributed by atoms with E-state index in [0.717, 1.165) is 44.2 Å². The van der Waals surface area contributed by atoms with Gasteiger partial charge in [-0.25, -0.2) is 4.98 Å². The number of rotatable bonds is 4. The molecule has 4 aromatic carbocycles. The number of hydrogen-bond acceptors (Lipinski definition) is 1. The molecule has 2 heteroatoms. The van der Waals surface area contributed by atoms with Gasteiger partial charge in [-0.2, -0.15) is 0 Å². The molecular weight excluding hydrogens is 398 g/mol. The molecule has 1 nitrogen and oxygen atoms in total. The second kappa shape index (κ2) is 8.59. The summed E-state index contributed by atoms with van der Waals surface area (Å²) >= 11 is 6.22. The molecule has 0 fully saturated rings. The molecule has 5 rings (SSSR count). The third-order valence-corrected chi connectivity index (χ3v) is 5.55. The summed E-state index contributed by atoms with van der Waals surface area (Å²) in [7, 11) is 0. The maximum Gasteiger partial charge on any atom is 0.0715 e. The Morgan fingerprint density at radius 2 is 0.903 bits per heavy atom. The van der Waals surface area contributed by atoms with Crippen molar-refractivity contribution in [2.45, 2.75) is 0 Å². The second-order valence-corrected chi connectivity index (χ2v) is 7.89. The fourth-order valence-corrected chi connectivity index (χ4v) is 3.95. The molecule has 0 N–H and O–H groups in total. The van der Waals surface area contributed by atoms with Gasteiger partial charge in [0.2, 0.25) is 0 Å². The van der Waals surface area contributed by atoms with Gasteiger partial charge >= 0.3 is 0 Å². The molecule has 1 heterocycles. The van der Waals surface area contributed by atoms with Gasteiger partial charge < -0.3 is 0 Å². The Hall–Kier alpha value is -3.68. The van der Waals surface area contributed by atoms with Gasteiger partial charge in [0.1, 0.15) is 0 Å². The van der Waals surface area contributed by atoms with Crippen LogP contribution in [0.25, 0.3) is 44.8 Å². The zero-order chi connectivity index (χ0) is 21.0. The van der Waals surface area contributed by atoms with Crippen LogP contribution in [0, 0.1) is 0 Å². The molecule has 0 saturated heterocycles. The van der Waals surface area contributed by atoms with Crippen molar-refractivity contribution in [3.8, 4) is 44.8 Å². The largest absolute Gasteiger partial charge is 0.248 e. The van der Waals surface area contributed by atoms with Gasteiger partial charge in [0.15, 0.2) is 0 Å². The summed E-state index contributed by atoms with van der Waals surface area (Å²) in [4.78, 5) is 5.03. The Kier molecular flexibility index (Phi) is 5.35. The highest BCUT2D eigenvalue weighted by Crippen LogP contribution is 2.32. The van der Waals surface area contributed by atoms with E-state index in [2.05, 4.69) is 78.9 Å². The minimum absolute atomic E-state index is 0.735. The second-order valence-electron chi connectivity index (χ2n) is 7.45. The average molecular weight is 418 g/mol. The van der Waals surface area contributed by atoms with Crippen LogP contribution in [-0.2, 0) is 0 Å². The van der Waals surface area contributed by atoms with Crippen LogP contribution in [0.1, 0.15) is 0 Å². The van der Waals surface area contributed by atoms with E-state index in [1.54, 1.807) is 0 Å². The minimum atomic E-state index is 0.735. The molecule has 5 aromatic rings. The van der Waals surface area contributed by atoms with Gasteiger partial charge in [-0.3, -0.25) is 0 Å². The maximum atomic E-state index is 6.22. The SMILES string of the molecule is Clc1cccc(-c2cccc(-c3cc(-c4ccccc4)cc(-c4ccccc4)n3)c2)c1. The Balaban J connectivity index is 1.66. The Bertz CT molecular complexity index is 1270. The molecule has 0 atom stereocenters. The molecule has 0 radical (unpaired) electrons. The molecule has 0 aliphatic carbocycles. The lowest BCUT2D eigenvalue weighted by Gasteiger charge is -2.11. The summed E-state index contributed by atoms with van der Waals surface area (Å²) in [6.45, 7) is 0. The fraction of sp³-hybridized carbons (Fsp3) is 0. The summed E-state index contributed by atoms with van der Waals surface area (Å²) in [6.07, 6.45) is 0. The van der Waals surface area contributed by atoms with Crippen LogP contribution in [0.3, 0.4) is 0 Å². The highest BCUT2D eigenvalue weighted by Gasteiger charge is 2.10. The summed E-state index contributed by atoms with van der Waals surface area (Å²) in [5.74, 6) is 0. The van der Waals surface area contributed by atoms with E-state index in [4.69, 9.17) is 16.6 Å². The van der Waals surface area contributed by atoms with Crippen molar-refractivity contribution in [3.63, 3.8) is 0 Å². The molecule has 0 aliphatic heterocycles. The van der Waals surface area contributed by atoms with E-state index in [9.17, 15) is 0 Å². The van der Waals surface area contributed by atoms with Crippen LogP contribution in [0.4, 0.5) is 0 Å². The Morgan fingerprint density at radius 3 is 1.58 bits per heavy atom. The number of benzene rings is 4. The van der Waals surface area contributed by atoms with Gasteiger partial charge in [0.05, 0.1) is 11.4 Å². The van der Waals surface area contributed by atoms with Crippen LogP contribution < -0.4 is 0 Å². The molecular formula is C29H20ClN. The first-order valence-electron chi connectivity index (χ1n) is 10.3. The topological polar surface area (TPSA) is 12.9 Å². The van der Waals surface area contributed by atoms with Crippen molar-refractivity contribution in [3.05, 3.63) is 126 Å². The van der Waals surface area contributed by atoms with E-state index >= 15 is 0 Å². The molecule has 0 saturated carbocycles. The first-order valence-corrected chi connectivity index (χ1v) is 10.6. The lowest BCUT2D eigenvalue weighted by molar-refractivity contribution is 1.32. The minimum Gasteiger partial charge on any atom is -0.248 e. The van der Waals surface area contributed by atoms with Crippen LogP contribution >= 0.6 is 11.6 Å². The first kappa shape index (κ1) is 19.3. The van der Waals surface area contributed by atoms with Gasteiger partial charge in [-0.15, -0.1) is 0 Å². The summed E-state index contributed by atoms with van der Waals surface area (Å²) in [5.41, 5.74) is 8.63. The zero-order valence-electron chi connectivity index (χ0n) is 16.9. The highest BCUT2D eigenvalue weighted by molar-refractivity contribution is 6.30. The third kappa shape index (κ3) is 4.28.